The van der Waals surface area contributed by atoms with E-state index in [0.717, 1.165) is 5.01 Å². The predicted molar refractivity (Wildman–Crippen MR) is 51.1 cm³/mol. The molecule has 72 valence electrons. The van der Waals surface area contributed by atoms with Crippen LogP contribution in [0.25, 0.3) is 0 Å². The van der Waals surface area contributed by atoms with Crippen LogP contribution in [-0.2, 0) is 11.3 Å². The minimum absolute atomic E-state index is 0.435. The van der Waals surface area contributed by atoms with Crippen molar-refractivity contribution in [1.82, 2.24) is 10.3 Å². The first-order chi connectivity index (χ1) is 6.09. The number of aromatic nitrogens is 1. The van der Waals surface area contributed by atoms with Gasteiger partial charge in [-0.05, 0) is 6.92 Å². The van der Waals surface area contributed by atoms with Gasteiger partial charge < -0.3 is 5.11 Å². The highest BCUT2D eigenvalue weighted by atomic mass is 35.5. The molecule has 0 amide bonds. The quantitative estimate of drug-likeness (QED) is 0.805. The zero-order chi connectivity index (χ0) is 9.84. The van der Waals surface area contributed by atoms with Gasteiger partial charge in [0.2, 0.25) is 0 Å². The van der Waals surface area contributed by atoms with E-state index in [9.17, 15) is 4.79 Å². The number of carbonyl (C=O) groups is 1. The fraction of sp³-hybridized carbons (Fsp3) is 0.429. The lowest BCUT2D eigenvalue weighted by atomic mass is 10.3. The maximum atomic E-state index is 10.4. The van der Waals surface area contributed by atoms with Crippen molar-refractivity contribution in [3.8, 4) is 0 Å². The summed E-state index contributed by atoms with van der Waals surface area (Å²) in [6.07, 6.45) is 1.55. The van der Waals surface area contributed by atoms with Crippen molar-refractivity contribution in [2.75, 3.05) is 0 Å². The monoisotopic (exact) mass is 220 g/mol. The van der Waals surface area contributed by atoms with E-state index in [1.807, 2.05) is 0 Å². The van der Waals surface area contributed by atoms with Crippen LogP contribution in [0.3, 0.4) is 0 Å². The number of nitrogens with one attached hydrogen (secondary N) is 1. The van der Waals surface area contributed by atoms with E-state index in [1.54, 1.807) is 13.1 Å². The number of hydrogen-bond acceptors (Lipinski definition) is 4. The van der Waals surface area contributed by atoms with Gasteiger partial charge in [0.1, 0.15) is 15.4 Å². The molecule has 6 heteroatoms. The molecular weight excluding hydrogens is 212 g/mol. The lowest BCUT2D eigenvalue weighted by Gasteiger charge is -2.05. The van der Waals surface area contributed by atoms with Gasteiger partial charge in [0.25, 0.3) is 0 Å². The Bertz CT molecular complexity index is 302. The highest BCUT2D eigenvalue weighted by Gasteiger charge is 2.10. The number of nitrogens with zero attached hydrogens (tertiary/aromatic N) is 1. The van der Waals surface area contributed by atoms with Crippen molar-refractivity contribution in [3.05, 3.63) is 15.5 Å². The molecule has 0 spiro atoms. The third-order valence-electron chi connectivity index (χ3n) is 1.46. The standard InChI is InChI=1S/C7H9ClN2O2S/c1-4(7(11)12)9-3-6-10-2-5(8)13-6/h2,4,9H,3H2,1H3,(H,11,12). The van der Waals surface area contributed by atoms with E-state index < -0.39 is 12.0 Å². The zero-order valence-corrected chi connectivity index (χ0v) is 8.52. The third-order valence-corrected chi connectivity index (χ3v) is 2.57. The van der Waals surface area contributed by atoms with Gasteiger partial charge in [0.05, 0.1) is 6.20 Å². The van der Waals surface area contributed by atoms with Crippen LogP contribution < -0.4 is 5.32 Å². The Hall–Kier alpha value is -0.650. The smallest absolute Gasteiger partial charge is 0.320 e. The molecule has 0 saturated heterocycles. The molecular formula is C7H9ClN2O2S. The number of carboxylic acids is 1. The second kappa shape index (κ2) is 4.55. The number of carboxylic acid groups (broad SMARTS) is 1. The molecule has 13 heavy (non-hydrogen) atoms. The average molecular weight is 221 g/mol. The number of thiazole rings is 1. The van der Waals surface area contributed by atoms with E-state index in [-0.39, 0.29) is 0 Å². The molecule has 1 aromatic heterocycles. The molecule has 1 atom stereocenters. The summed E-state index contributed by atoms with van der Waals surface area (Å²) in [5, 5.41) is 12.2. The van der Waals surface area contributed by atoms with E-state index in [1.165, 1.54) is 11.3 Å². The van der Waals surface area contributed by atoms with E-state index in [2.05, 4.69) is 10.3 Å². The van der Waals surface area contributed by atoms with Crippen molar-refractivity contribution in [2.45, 2.75) is 19.5 Å². The SMILES string of the molecule is CC(NCc1ncc(Cl)s1)C(=O)O. The van der Waals surface area contributed by atoms with Crippen LogP contribution in [0.4, 0.5) is 0 Å². The van der Waals surface area contributed by atoms with E-state index in [0.29, 0.717) is 10.9 Å². The van der Waals surface area contributed by atoms with Crippen LogP contribution in [-0.4, -0.2) is 22.1 Å². The van der Waals surface area contributed by atoms with Crippen LogP contribution in [0.2, 0.25) is 4.34 Å². The van der Waals surface area contributed by atoms with Crippen LogP contribution in [0.1, 0.15) is 11.9 Å². The molecule has 0 radical (unpaired) electrons. The average Bonchev–Trinajstić information content (AvgIpc) is 2.47. The topological polar surface area (TPSA) is 62.2 Å². The van der Waals surface area contributed by atoms with Crippen LogP contribution in [0.5, 0.6) is 0 Å². The Morgan fingerprint density at radius 3 is 3.08 bits per heavy atom. The minimum Gasteiger partial charge on any atom is -0.480 e. The maximum Gasteiger partial charge on any atom is 0.320 e. The minimum atomic E-state index is -0.873. The Morgan fingerprint density at radius 2 is 2.62 bits per heavy atom. The Morgan fingerprint density at radius 1 is 1.92 bits per heavy atom. The molecule has 0 fully saturated rings. The first-order valence-corrected chi connectivity index (χ1v) is 4.85. The van der Waals surface area contributed by atoms with Crippen molar-refractivity contribution in [1.29, 1.82) is 0 Å². The molecule has 0 aliphatic rings. The van der Waals surface area contributed by atoms with Crippen LogP contribution in [0, 0.1) is 0 Å². The summed E-state index contributed by atoms with van der Waals surface area (Å²) >= 11 is 6.99. The molecule has 0 aliphatic heterocycles. The van der Waals surface area contributed by atoms with Crippen molar-refractivity contribution < 1.29 is 9.90 Å². The molecule has 0 aliphatic carbocycles. The molecule has 0 aromatic carbocycles. The van der Waals surface area contributed by atoms with Crippen LogP contribution in [0.15, 0.2) is 6.20 Å². The molecule has 0 bridgehead atoms. The molecule has 2 N–H and O–H groups in total. The molecule has 1 heterocycles. The maximum absolute atomic E-state index is 10.4. The highest BCUT2D eigenvalue weighted by Crippen LogP contribution is 2.17. The summed E-state index contributed by atoms with van der Waals surface area (Å²) in [4.78, 5) is 14.4. The molecule has 0 saturated carbocycles. The van der Waals surface area contributed by atoms with Gasteiger partial charge in [-0.1, -0.05) is 11.6 Å². The zero-order valence-electron chi connectivity index (χ0n) is 6.95. The summed E-state index contributed by atoms with van der Waals surface area (Å²) in [5.41, 5.74) is 0. The molecule has 4 nitrogen and oxygen atoms in total. The number of hydrogen-bond donors (Lipinski definition) is 2. The lowest BCUT2D eigenvalue weighted by molar-refractivity contribution is -0.139. The summed E-state index contributed by atoms with van der Waals surface area (Å²) in [5.74, 6) is -0.873. The first kappa shape index (κ1) is 10.4. The number of aliphatic carboxylic acids is 1. The second-order valence-electron chi connectivity index (χ2n) is 2.50. The van der Waals surface area contributed by atoms with Gasteiger partial charge in [0.15, 0.2) is 0 Å². The Kier molecular flexibility index (Phi) is 3.65. The van der Waals surface area contributed by atoms with Crippen molar-refractivity contribution in [2.24, 2.45) is 0 Å². The number of rotatable bonds is 4. The first-order valence-electron chi connectivity index (χ1n) is 3.66. The molecule has 1 aromatic rings. The van der Waals surface area contributed by atoms with Gasteiger partial charge in [-0.15, -0.1) is 11.3 Å². The molecule has 1 rings (SSSR count). The lowest BCUT2D eigenvalue weighted by Crippen LogP contribution is -2.32. The molecule has 1 unspecified atom stereocenters. The van der Waals surface area contributed by atoms with Gasteiger partial charge in [-0.3, -0.25) is 10.1 Å². The summed E-state index contributed by atoms with van der Waals surface area (Å²) in [6.45, 7) is 2.02. The van der Waals surface area contributed by atoms with Gasteiger partial charge in [0, 0.05) is 6.54 Å². The Balaban J connectivity index is 2.39. The fourth-order valence-corrected chi connectivity index (χ4v) is 1.60. The van der Waals surface area contributed by atoms with E-state index in [4.69, 9.17) is 16.7 Å². The predicted octanol–water partition coefficient (Wildman–Crippen LogP) is 1.36. The highest BCUT2D eigenvalue weighted by molar-refractivity contribution is 7.15. The largest absolute Gasteiger partial charge is 0.480 e. The van der Waals surface area contributed by atoms with Crippen LogP contribution >= 0.6 is 22.9 Å². The van der Waals surface area contributed by atoms with Gasteiger partial charge in [-0.2, -0.15) is 0 Å². The Labute approximate surface area is 84.6 Å². The third kappa shape index (κ3) is 3.30. The van der Waals surface area contributed by atoms with Gasteiger partial charge >= 0.3 is 5.97 Å². The van der Waals surface area contributed by atoms with Crippen molar-refractivity contribution in [3.63, 3.8) is 0 Å². The fourth-order valence-electron chi connectivity index (χ4n) is 0.697. The summed E-state index contributed by atoms with van der Waals surface area (Å²) in [7, 11) is 0. The summed E-state index contributed by atoms with van der Waals surface area (Å²) in [6, 6.07) is -0.567. The summed E-state index contributed by atoms with van der Waals surface area (Å²) < 4.78 is 0.611. The van der Waals surface area contributed by atoms with Gasteiger partial charge in [-0.25, -0.2) is 4.98 Å². The number of halogens is 1. The normalized spacial score (nSPS) is 12.8. The van der Waals surface area contributed by atoms with Crippen molar-refractivity contribution >= 4 is 28.9 Å². The van der Waals surface area contributed by atoms with E-state index >= 15 is 0 Å². The second-order valence-corrected chi connectivity index (χ2v) is 4.25.